The van der Waals surface area contributed by atoms with Crippen LogP contribution in [0.15, 0.2) is 27.7 Å². The monoisotopic (exact) mass is 297 g/mol. The van der Waals surface area contributed by atoms with E-state index in [0.717, 1.165) is 16.7 Å². The first-order valence-electron chi connectivity index (χ1n) is 5.58. The average Bonchev–Trinajstić information content (AvgIpc) is 2.94. The fourth-order valence-corrected chi connectivity index (χ4v) is 3.06. The molecule has 1 atom stereocenters. The number of thiocarbonyl (C=S) groups is 1. The Balaban J connectivity index is 2.28. The maximum Gasteiger partial charge on any atom is 0.326 e. The molecule has 0 radical (unpaired) electrons. The molecule has 19 heavy (non-hydrogen) atoms. The molecule has 1 aliphatic heterocycles. The van der Waals surface area contributed by atoms with E-state index in [4.69, 9.17) is 21.7 Å². The van der Waals surface area contributed by atoms with Crippen molar-refractivity contribution in [3.63, 3.8) is 0 Å². The van der Waals surface area contributed by atoms with Crippen molar-refractivity contribution in [1.82, 2.24) is 4.90 Å². The lowest BCUT2D eigenvalue weighted by molar-refractivity contribution is -0.145. The van der Waals surface area contributed by atoms with E-state index in [1.54, 1.807) is 25.1 Å². The molecule has 0 saturated carbocycles. The lowest BCUT2D eigenvalue weighted by Gasteiger charge is -2.21. The molecule has 2 rings (SSSR count). The Morgan fingerprint density at radius 1 is 1.68 bits per heavy atom. The van der Waals surface area contributed by atoms with Crippen LogP contribution in [0.2, 0.25) is 0 Å². The highest BCUT2D eigenvalue weighted by molar-refractivity contribution is 8.26. The Kier molecular flexibility index (Phi) is 4.06. The SMILES string of the molecule is CC[C@H](C(=O)O)N1C(=O)/C(=C/c2ccco2)SC1=S. The lowest BCUT2D eigenvalue weighted by Crippen LogP contribution is -2.43. The summed E-state index contributed by atoms with van der Waals surface area (Å²) in [5, 5.41) is 9.11. The van der Waals surface area contributed by atoms with E-state index >= 15 is 0 Å². The van der Waals surface area contributed by atoms with Crippen LogP contribution in [0, 0.1) is 0 Å². The van der Waals surface area contributed by atoms with Crippen molar-refractivity contribution in [3.05, 3.63) is 29.1 Å². The predicted octanol–water partition coefficient (Wildman–Crippen LogP) is 2.34. The molecule has 5 nitrogen and oxygen atoms in total. The fraction of sp³-hybridized carbons (Fsp3) is 0.250. The van der Waals surface area contributed by atoms with Crippen LogP contribution in [-0.4, -0.2) is 32.2 Å². The normalized spacial score (nSPS) is 19.2. The number of carboxylic acid groups (broad SMARTS) is 1. The number of furan rings is 1. The first-order chi connectivity index (χ1) is 9.04. The van der Waals surface area contributed by atoms with Gasteiger partial charge in [0, 0.05) is 6.08 Å². The van der Waals surface area contributed by atoms with E-state index in [2.05, 4.69) is 0 Å². The van der Waals surface area contributed by atoms with Crippen LogP contribution in [0.3, 0.4) is 0 Å². The van der Waals surface area contributed by atoms with Crippen molar-refractivity contribution in [2.75, 3.05) is 0 Å². The van der Waals surface area contributed by atoms with Gasteiger partial charge >= 0.3 is 5.97 Å². The zero-order valence-electron chi connectivity index (χ0n) is 10.0. The zero-order valence-corrected chi connectivity index (χ0v) is 11.7. The van der Waals surface area contributed by atoms with Gasteiger partial charge in [0.2, 0.25) is 0 Å². The van der Waals surface area contributed by atoms with Crippen molar-refractivity contribution in [1.29, 1.82) is 0 Å². The van der Waals surface area contributed by atoms with Gasteiger partial charge in [-0.3, -0.25) is 9.69 Å². The first kappa shape index (κ1) is 13.8. The molecule has 1 aromatic heterocycles. The summed E-state index contributed by atoms with van der Waals surface area (Å²) < 4.78 is 5.39. The third-order valence-electron chi connectivity index (χ3n) is 2.62. The Bertz CT molecular complexity index is 550. The van der Waals surface area contributed by atoms with Crippen molar-refractivity contribution in [2.45, 2.75) is 19.4 Å². The quantitative estimate of drug-likeness (QED) is 0.679. The molecular formula is C12H11NO4S2. The number of hydrogen-bond acceptors (Lipinski definition) is 5. The van der Waals surface area contributed by atoms with E-state index in [9.17, 15) is 9.59 Å². The lowest BCUT2D eigenvalue weighted by atomic mass is 10.2. The molecule has 1 fully saturated rings. The first-order valence-corrected chi connectivity index (χ1v) is 6.80. The summed E-state index contributed by atoms with van der Waals surface area (Å²) >= 11 is 6.17. The van der Waals surface area contributed by atoms with Crippen LogP contribution in [-0.2, 0) is 9.59 Å². The molecule has 2 heterocycles. The predicted molar refractivity (Wildman–Crippen MR) is 75.4 cm³/mol. The summed E-state index contributed by atoms with van der Waals surface area (Å²) in [6, 6.07) is 2.50. The summed E-state index contributed by atoms with van der Waals surface area (Å²) in [5.74, 6) is -0.914. The molecule has 1 N–H and O–H groups in total. The van der Waals surface area contributed by atoms with Gasteiger partial charge in [0.15, 0.2) is 0 Å². The molecule has 1 saturated heterocycles. The van der Waals surface area contributed by atoms with Gasteiger partial charge in [-0.15, -0.1) is 0 Å². The van der Waals surface area contributed by atoms with E-state index in [1.165, 1.54) is 6.26 Å². The molecule has 1 amide bonds. The Hall–Kier alpha value is -1.60. The molecule has 0 aliphatic carbocycles. The number of carboxylic acids is 1. The molecule has 100 valence electrons. The molecule has 0 aromatic carbocycles. The Morgan fingerprint density at radius 2 is 2.42 bits per heavy atom. The van der Waals surface area contributed by atoms with Crippen molar-refractivity contribution < 1.29 is 19.1 Å². The number of thioether (sulfide) groups is 1. The maximum atomic E-state index is 12.2. The molecule has 0 spiro atoms. The molecule has 1 aliphatic rings. The Labute approximate surface area is 119 Å². The molecule has 0 unspecified atom stereocenters. The minimum atomic E-state index is -1.06. The second-order valence-corrected chi connectivity index (χ2v) is 5.51. The summed E-state index contributed by atoms with van der Waals surface area (Å²) in [6.45, 7) is 1.70. The van der Waals surface area contributed by atoms with Crippen molar-refractivity contribution in [2.24, 2.45) is 0 Å². The van der Waals surface area contributed by atoms with Gasteiger partial charge < -0.3 is 9.52 Å². The van der Waals surface area contributed by atoms with E-state index in [1.807, 2.05) is 0 Å². The van der Waals surface area contributed by atoms with Gasteiger partial charge in [0.1, 0.15) is 16.1 Å². The summed E-state index contributed by atoms with van der Waals surface area (Å²) in [5.41, 5.74) is 0. The van der Waals surface area contributed by atoms with Gasteiger partial charge in [-0.2, -0.15) is 0 Å². The summed E-state index contributed by atoms with van der Waals surface area (Å²) in [4.78, 5) is 24.8. The second-order valence-electron chi connectivity index (χ2n) is 3.83. The zero-order chi connectivity index (χ0) is 14.0. The number of carbonyl (C=O) groups is 2. The van der Waals surface area contributed by atoms with Crippen LogP contribution >= 0.6 is 24.0 Å². The highest BCUT2D eigenvalue weighted by Gasteiger charge is 2.39. The second kappa shape index (κ2) is 5.58. The number of rotatable bonds is 4. The molecule has 7 heteroatoms. The summed E-state index contributed by atoms with van der Waals surface area (Å²) in [6.07, 6.45) is 3.36. The summed E-state index contributed by atoms with van der Waals surface area (Å²) in [7, 11) is 0. The molecule has 1 aromatic rings. The number of carbonyl (C=O) groups excluding carboxylic acids is 1. The van der Waals surface area contributed by atoms with Crippen molar-refractivity contribution in [3.8, 4) is 0 Å². The Morgan fingerprint density at radius 3 is 2.95 bits per heavy atom. The number of amides is 1. The van der Waals surface area contributed by atoms with E-state index < -0.39 is 12.0 Å². The van der Waals surface area contributed by atoms with Crippen molar-refractivity contribution >= 4 is 46.3 Å². The topological polar surface area (TPSA) is 70.8 Å². The van der Waals surface area contributed by atoms with E-state index in [0.29, 0.717) is 17.1 Å². The highest BCUT2D eigenvalue weighted by Crippen LogP contribution is 2.34. The van der Waals surface area contributed by atoms with Crippen LogP contribution in [0.1, 0.15) is 19.1 Å². The number of hydrogen-bond donors (Lipinski definition) is 1. The number of nitrogens with zero attached hydrogens (tertiary/aromatic N) is 1. The van der Waals surface area contributed by atoms with Gasteiger partial charge in [-0.1, -0.05) is 30.9 Å². The molecular weight excluding hydrogens is 286 g/mol. The largest absolute Gasteiger partial charge is 0.480 e. The standard InChI is InChI=1S/C12H11NO4S2/c1-2-8(11(15)16)13-10(14)9(19-12(13)18)6-7-4-3-5-17-7/h3-6,8H,2H2,1H3,(H,15,16)/b9-6-/t8-/m1/s1. The third kappa shape index (κ3) is 2.71. The van der Waals surface area contributed by atoms with E-state index in [-0.39, 0.29) is 10.2 Å². The smallest absolute Gasteiger partial charge is 0.326 e. The van der Waals surface area contributed by atoms with Gasteiger partial charge in [-0.25, -0.2) is 4.79 Å². The van der Waals surface area contributed by atoms with Gasteiger partial charge in [-0.05, 0) is 18.6 Å². The van der Waals surface area contributed by atoms with Crippen LogP contribution < -0.4 is 0 Å². The van der Waals surface area contributed by atoms with Gasteiger partial charge in [0.05, 0.1) is 11.2 Å². The van der Waals surface area contributed by atoms with Crippen LogP contribution in [0.4, 0.5) is 0 Å². The minimum absolute atomic E-state index is 0.261. The fourth-order valence-electron chi connectivity index (χ4n) is 1.72. The highest BCUT2D eigenvalue weighted by atomic mass is 32.2. The van der Waals surface area contributed by atoms with Crippen LogP contribution in [0.25, 0.3) is 6.08 Å². The molecule has 0 bridgehead atoms. The third-order valence-corrected chi connectivity index (χ3v) is 3.95. The minimum Gasteiger partial charge on any atom is -0.480 e. The van der Waals surface area contributed by atoms with Gasteiger partial charge in [0.25, 0.3) is 5.91 Å². The van der Waals surface area contributed by atoms with Crippen LogP contribution in [0.5, 0.6) is 0 Å². The maximum absolute atomic E-state index is 12.2. The average molecular weight is 297 g/mol. The number of aliphatic carboxylic acids is 1.